The van der Waals surface area contributed by atoms with Crippen LogP contribution in [0.3, 0.4) is 0 Å². The van der Waals surface area contributed by atoms with Gasteiger partial charge in [0.15, 0.2) is 0 Å². The first-order valence-electron chi connectivity index (χ1n) is 12.4. The Kier molecular flexibility index (Phi) is 9.41. The molecule has 3 rings (SSSR count). The molecule has 0 unspecified atom stereocenters. The molecule has 0 saturated carbocycles. The minimum absolute atomic E-state index is 0.200. The third-order valence-electron chi connectivity index (χ3n) is 6.96. The number of unbranched alkanes of at least 4 members (excludes halogenated alkanes) is 3. The van der Waals surface area contributed by atoms with E-state index < -0.39 is 53.0 Å². The van der Waals surface area contributed by atoms with Crippen molar-refractivity contribution in [1.82, 2.24) is 0 Å². The van der Waals surface area contributed by atoms with Gasteiger partial charge >= 0.3 is 204 Å². The van der Waals surface area contributed by atoms with E-state index in [0.717, 1.165) is 66.2 Å². The molecule has 0 aliphatic heterocycles. The van der Waals surface area contributed by atoms with Crippen molar-refractivity contribution in [2.75, 3.05) is 0 Å². The van der Waals surface area contributed by atoms with Crippen LogP contribution in [0, 0.1) is 29.1 Å². The number of halogens is 5. The van der Waals surface area contributed by atoms with Crippen LogP contribution in [0.2, 0.25) is 13.3 Å². The van der Waals surface area contributed by atoms with Crippen molar-refractivity contribution in [2.45, 2.75) is 72.6 Å². The first kappa shape index (κ1) is 27.0. The summed E-state index contributed by atoms with van der Waals surface area (Å²) in [6.45, 7) is 6.38. The van der Waals surface area contributed by atoms with Crippen LogP contribution >= 0.6 is 0 Å². The van der Waals surface area contributed by atoms with Gasteiger partial charge in [-0.2, -0.15) is 0 Å². The Balaban J connectivity index is 2.43. The summed E-state index contributed by atoms with van der Waals surface area (Å²) in [6, 6.07) is 11.2. The normalized spacial score (nSPS) is 12.0. The van der Waals surface area contributed by atoms with Gasteiger partial charge in [0.1, 0.15) is 0 Å². The predicted molar refractivity (Wildman–Crippen MR) is 134 cm³/mol. The van der Waals surface area contributed by atoms with Crippen molar-refractivity contribution >= 4 is 32.7 Å². The number of hydrogen-bond acceptors (Lipinski definition) is 0. The van der Waals surface area contributed by atoms with Gasteiger partial charge < -0.3 is 0 Å². The zero-order valence-electron chi connectivity index (χ0n) is 20.2. The molecule has 34 heavy (non-hydrogen) atoms. The van der Waals surface area contributed by atoms with Crippen molar-refractivity contribution in [3.8, 4) is 11.1 Å². The second kappa shape index (κ2) is 11.9. The molecule has 0 radical (unpaired) electrons. The summed E-state index contributed by atoms with van der Waals surface area (Å²) < 4.78 is 76.6. The van der Waals surface area contributed by atoms with Gasteiger partial charge in [-0.1, -0.05) is 0 Å². The Morgan fingerprint density at radius 1 is 0.588 bits per heavy atom. The average Bonchev–Trinajstić information content (AvgIpc) is 2.86. The van der Waals surface area contributed by atoms with Crippen LogP contribution in [0.15, 0.2) is 36.4 Å². The summed E-state index contributed by atoms with van der Waals surface area (Å²) in [5, 5.41) is 1.67. The molecule has 0 nitrogen and oxygen atoms in total. The quantitative estimate of drug-likeness (QED) is 0.0914. The second-order valence-corrected chi connectivity index (χ2v) is 22.4. The van der Waals surface area contributed by atoms with E-state index in [9.17, 15) is 13.2 Å². The van der Waals surface area contributed by atoms with E-state index in [2.05, 4.69) is 20.8 Å². The number of fused-ring (bicyclic) bond motifs is 1. The first-order valence-corrected chi connectivity index (χ1v) is 19.8. The van der Waals surface area contributed by atoms with Gasteiger partial charge in [-0.25, -0.2) is 0 Å². The molecule has 6 heteroatoms. The standard InChI is InChI=1S/C16H6F5.3C4H9.Sn/c17-12-11(13(18)15(20)16(21)14(12)19)10-6-5-8-3-1-2-4-9(8)7-10;3*1-3-4-2;/h1-5,7H;3*1,3-4H2,2H3;. The minimum atomic E-state index is -3.33. The fraction of sp³-hybridized carbons (Fsp3) is 0.429. The molecular weight excluding hydrogens is 550 g/mol. The van der Waals surface area contributed by atoms with Crippen LogP contribution in [0.5, 0.6) is 0 Å². The number of rotatable bonds is 11. The fourth-order valence-electron chi connectivity index (χ4n) is 5.05. The van der Waals surface area contributed by atoms with Gasteiger partial charge in [-0.05, 0) is 0 Å². The topological polar surface area (TPSA) is 0 Å². The molecule has 0 atom stereocenters. The summed E-state index contributed by atoms with van der Waals surface area (Å²) >= 11 is -3.33. The van der Waals surface area contributed by atoms with E-state index in [-0.39, 0.29) is 5.56 Å². The summed E-state index contributed by atoms with van der Waals surface area (Å²) in [6.07, 6.45) is 6.03. The maximum atomic E-state index is 15.1. The van der Waals surface area contributed by atoms with Crippen molar-refractivity contribution in [3.05, 3.63) is 65.5 Å². The van der Waals surface area contributed by atoms with Crippen molar-refractivity contribution in [3.63, 3.8) is 0 Å². The fourth-order valence-corrected chi connectivity index (χ4v) is 21.8. The number of benzene rings is 3. The molecule has 3 aromatic carbocycles. The predicted octanol–water partition coefficient (Wildman–Crippen LogP) is 9.26. The van der Waals surface area contributed by atoms with Crippen LogP contribution in [-0.4, -0.2) is 18.4 Å². The van der Waals surface area contributed by atoms with Crippen molar-refractivity contribution in [2.24, 2.45) is 0 Å². The third kappa shape index (κ3) is 5.29. The molecule has 0 bridgehead atoms. The Labute approximate surface area is 203 Å². The Bertz CT molecular complexity index is 1090. The molecule has 3 aromatic rings. The second-order valence-electron chi connectivity index (χ2n) is 9.28. The van der Waals surface area contributed by atoms with Gasteiger partial charge in [-0.3, -0.25) is 0 Å². The Hall–Kier alpha value is -1.63. The SMILES string of the molecule is CCC[CH2][Sn]([CH2]CCC)([CH2]CCC)[c]1cc2ccccc2cc1-c1c(F)c(F)c(F)c(F)c1F. The van der Waals surface area contributed by atoms with Gasteiger partial charge in [0.05, 0.1) is 0 Å². The molecule has 0 aliphatic rings. The van der Waals surface area contributed by atoms with E-state index in [1.165, 1.54) is 0 Å². The van der Waals surface area contributed by atoms with Crippen LogP contribution in [-0.2, 0) is 0 Å². The van der Waals surface area contributed by atoms with E-state index >= 15 is 8.78 Å². The van der Waals surface area contributed by atoms with E-state index in [4.69, 9.17) is 0 Å². The molecular formula is C28H33F5Sn. The molecule has 0 spiro atoms. The Morgan fingerprint density at radius 2 is 1.00 bits per heavy atom. The molecule has 0 aliphatic carbocycles. The summed E-state index contributed by atoms with van der Waals surface area (Å²) in [5.41, 5.74) is -0.576. The molecule has 0 saturated heterocycles. The average molecular weight is 583 g/mol. The van der Waals surface area contributed by atoms with Gasteiger partial charge in [-0.15, -0.1) is 0 Å². The molecule has 0 aromatic heterocycles. The molecule has 0 fully saturated rings. The van der Waals surface area contributed by atoms with E-state index in [0.29, 0.717) is 0 Å². The van der Waals surface area contributed by atoms with E-state index in [1.54, 1.807) is 6.07 Å². The van der Waals surface area contributed by atoms with Crippen LogP contribution < -0.4 is 3.58 Å². The van der Waals surface area contributed by atoms with Gasteiger partial charge in [0.2, 0.25) is 0 Å². The summed E-state index contributed by atoms with van der Waals surface area (Å²) in [5.74, 6) is -9.36. The maximum absolute atomic E-state index is 15.1. The molecule has 0 heterocycles. The van der Waals surface area contributed by atoms with E-state index in [1.807, 2.05) is 30.3 Å². The first-order chi connectivity index (χ1) is 16.3. The molecule has 184 valence electrons. The number of hydrogen-bond donors (Lipinski definition) is 0. The van der Waals surface area contributed by atoms with Crippen molar-refractivity contribution < 1.29 is 22.0 Å². The zero-order chi connectivity index (χ0) is 24.9. The zero-order valence-corrected chi connectivity index (χ0v) is 23.1. The Morgan fingerprint density at radius 3 is 1.44 bits per heavy atom. The van der Waals surface area contributed by atoms with Crippen LogP contribution in [0.1, 0.15) is 59.3 Å². The molecule has 0 amide bonds. The van der Waals surface area contributed by atoms with Crippen LogP contribution in [0.25, 0.3) is 21.9 Å². The summed E-state index contributed by atoms with van der Waals surface area (Å²) in [7, 11) is 0. The van der Waals surface area contributed by atoms with Gasteiger partial charge in [0, 0.05) is 0 Å². The third-order valence-corrected chi connectivity index (χ3v) is 22.6. The van der Waals surface area contributed by atoms with Gasteiger partial charge in [0.25, 0.3) is 0 Å². The van der Waals surface area contributed by atoms with Crippen molar-refractivity contribution in [1.29, 1.82) is 0 Å². The van der Waals surface area contributed by atoms with Crippen LogP contribution in [0.4, 0.5) is 22.0 Å². The summed E-state index contributed by atoms with van der Waals surface area (Å²) in [4.78, 5) is 0. The monoisotopic (exact) mass is 584 g/mol. The molecule has 0 N–H and O–H groups in total.